The summed E-state index contributed by atoms with van der Waals surface area (Å²) in [5, 5.41) is 10.6. The molecule has 0 heterocycles. The molecule has 8 heteroatoms. The minimum Gasteiger partial charge on any atom is -0.491 e. The molecule has 0 aromatic heterocycles. The van der Waals surface area contributed by atoms with E-state index in [1.807, 2.05) is 61.2 Å². The number of amides is 1. The van der Waals surface area contributed by atoms with Crippen molar-refractivity contribution in [2.45, 2.75) is 40.2 Å². The topological polar surface area (TPSA) is 91.4 Å². The second kappa shape index (κ2) is 13.8. The van der Waals surface area contributed by atoms with Gasteiger partial charge in [-0.15, -0.1) is 24.8 Å². The van der Waals surface area contributed by atoms with Gasteiger partial charge in [-0.25, -0.2) is 0 Å². The van der Waals surface area contributed by atoms with Crippen molar-refractivity contribution < 1.29 is 9.53 Å². The third kappa shape index (κ3) is 9.94. The number of benzene rings is 2. The number of carbonyl (C=O) groups excluding carboxylic acids is 1. The summed E-state index contributed by atoms with van der Waals surface area (Å²) >= 11 is 0. The molecule has 0 saturated heterocycles. The van der Waals surface area contributed by atoms with E-state index in [0.29, 0.717) is 11.5 Å². The fraction of sp³-hybridized carbons (Fsp3) is 0.391. The van der Waals surface area contributed by atoms with Gasteiger partial charge < -0.3 is 20.7 Å². The molecule has 31 heavy (non-hydrogen) atoms. The van der Waals surface area contributed by atoms with Gasteiger partial charge in [0.25, 0.3) is 0 Å². The first-order valence-electron chi connectivity index (χ1n) is 10.0. The molecule has 2 aromatic rings. The number of halogens is 2. The van der Waals surface area contributed by atoms with Gasteiger partial charge in [-0.2, -0.15) is 0 Å². The molecule has 2 aromatic carbocycles. The van der Waals surface area contributed by atoms with E-state index in [1.165, 1.54) is 0 Å². The average Bonchev–Trinajstić information content (AvgIpc) is 2.66. The number of hydrogen-bond acceptors (Lipinski definition) is 4. The summed E-state index contributed by atoms with van der Waals surface area (Å²) < 4.78 is 5.63. The first-order valence-corrected chi connectivity index (χ1v) is 10.0. The number of nitrogens with one attached hydrogen (secondary N) is 2. The van der Waals surface area contributed by atoms with Crippen LogP contribution in [0.2, 0.25) is 0 Å². The number of nitrogen functional groups attached to an aromatic ring is 1. The maximum Gasteiger partial charge on any atom is 0.243 e. The van der Waals surface area contributed by atoms with Gasteiger partial charge in [-0.1, -0.05) is 26.0 Å². The van der Waals surface area contributed by atoms with Crippen LogP contribution in [0.15, 0.2) is 48.5 Å². The van der Waals surface area contributed by atoms with Crippen molar-refractivity contribution in [3.8, 4) is 5.75 Å². The molecule has 0 spiro atoms. The molecular weight excluding hydrogens is 435 g/mol. The second-order valence-electron chi connectivity index (χ2n) is 7.81. The number of nitrogens with zero attached hydrogens (tertiary/aromatic N) is 1. The van der Waals surface area contributed by atoms with E-state index in [2.05, 4.69) is 19.2 Å². The van der Waals surface area contributed by atoms with Gasteiger partial charge in [0.1, 0.15) is 11.6 Å². The molecule has 1 amide bonds. The number of anilines is 2. The highest BCUT2D eigenvalue weighted by molar-refractivity contribution is 5.97. The zero-order valence-electron chi connectivity index (χ0n) is 18.6. The Labute approximate surface area is 197 Å². The van der Waals surface area contributed by atoms with Crippen LogP contribution in [0, 0.1) is 11.3 Å². The third-order valence-electron chi connectivity index (χ3n) is 4.34. The fourth-order valence-electron chi connectivity index (χ4n) is 2.85. The van der Waals surface area contributed by atoms with Gasteiger partial charge in [-0.3, -0.25) is 10.2 Å². The van der Waals surface area contributed by atoms with Crippen molar-refractivity contribution in [3.63, 3.8) is 0 Å². The Morgan fingerprint density at radius 3 is 2.29 bits per heavy atom. The number of rotatable bonds is 10. The van der Waals surface area contributed by atoms with E-state index in [-0.39, 0.29) is 49.2 Å². The number of ether oxygens (including phenoxy) is 1. The lowest BCUT2D eigenvalue weighted by atomic mass is 10.1. The first-order chi connectivity index (χ1) is 13.7. The highest BCUT2D eigenvalue weighted by Crippen LogP contribution is 2.19. The predicted octanol–water partition coefficient (Wildman–Crippen LogP) is 5.09. The summed E-state index contributed by atoms with van der Waals surface area (Å²) in [6.07, 6.45) is 1.06. The molecule has 0 aliphatic heterocycles. The van der Waals surface area contributed by atoms with Crippen LogP contribution in [0.4, 0.5) is 11.4 Å². The number of nitrogens with two attached hydrogens (primary N) is 1. The molecule has 172 valence electrons. The normalized spacial score (nSPS) is 10.1. The van der Waals surface area contributed by atoms with Crippen molar-refractivity contribution in [3.05, 3.63) is 54.1 Å². The van der Waals surface area contributed by atoms with Crippen LogP contribution < -0.4 is 20.7 Å². The molecule has 0 atom stereocenters. The predicted molar refractivity (Wildman–Crippen MR) is 134 cm³/mol. The van der Waals surface area contributed by atoms with E-state index in [1.54, 1.807) is 6.07 Å². The Balaban J connectivity index is 0.00000450. The molecule has 2 rings (SSSR count). The van der Waals surface area contributed by atoms with Crippen LogP contribution in [-0.2, 0) is 4.79 Å². The van der Waals surface area contributed by atoms with Crippen LogP contribution in [0.3, 0.4) is 0 Å². The Bertz CT molecular complexity index is 827. The van der Waals surface area contributed by atoms with E-state index < -0.39 is 0 Å². The van der Waals surface area contributed by atoms with Gasteiger partial charge in [0.15, 0.2) is 0 Å². The molecule has 0 saturated carbocycles. The first kappa shape index (κ1) is 28.6. The van der Waals surface area contributed by atoms with Crippen LogP contribution >= 0.6 is 24.8 Å². The Hall–Kier alpha value is -2.44. The Morgan fingerprint density at radius 2 is 1.74 bits per heavy atom. The molecule has 0 unspecified atom stereocenters. The molecule has 0 aliphatic carbocycles. The standard InChI is InChI=1S/C23H32N4O2.2ClH/c1-16(2)12-13-27(20-7-5-6-18(14-20)23(24)25)15-22(28)26-19-8-10-21(11-9-19)29-17(3)4;;/h5-11,14,16-17H,12-13,15H2,1-4H3,(H3,24,25)(H,26,28);2*1H. The Morgan fingerprint density at radius 1 is 1.10 bits per heavy atom. The second-order valence-corrected chi connectivity index (χ2v) is 7.81. The van der Waals surface area contributed by atoms with Crippen LogP contribution in [-0.4, -0.2) is 30.9 Å². The highest BCUT2D eigenvalue weighted by Gasteiger charge is 2.14. The van der Waals surface area contributed by atoms with Gasteiger partial charge in [0.05, 0.1) is 12.6 Å². The number of amidine groups is 1. The van der Waals surface area contributed by atoms with Crippen LogP contribution in [0.25, 0.3) is 0 Å². The van der Waals surface area contributed by atoms with E-state index in [4.69, 9.17) is 15.9 Å². The van der Waals surface area contributed by atoms with E-state index >= 15 is 0 Å². The van der Waals surface area contributed by atoms with Crippen molar-refractivity contribution in [1.82, 2.24) is 0 Å². The molecule has 0 bridgehead atoms. The monoisotopic (exact) mass is 468 g/mol. The van der Waals surface area contributed by atoms with Crippen molar-refractivity contribution in [1.29, 1.82) is 5.41 Å². The van der Waals surface area contributed by atoms with Crippen LogP contribution in [0.5, 0.6) is 5.75 Å². The minimum absolute atomic E-state index is 0. The van der Waals surface area contributed by atoms with Crippen molar-refractivity contribution in [2.24, 2.45) is 11.7 Å². The summed E-state index contributed by atoms with van der Waals surface area (Å²) in [5.74, 6) is 1.21. The maximum absolute atomic E-state index is 12.7. The summed E-state index contributed by atoms with van der Waals surface area (Å²) in [6.45, 7) is 9.23. The van der Waals surface area contributed by atoms with E-state index in [0.717, 1.165) is 30.1 Å². The van der Waals surface area contributed by atoms with Gasteiger partial charge >= 0.3 is 0 Å². The lowest BCUT2D eigenvalue weighted by Crippen LogP contribution is -2.34. The lowest BCUT2D eigenvalue weighted by molar-refractivity contribution is -0.115. The van der Waals surface area contributed by atoms with E-state index in [9.17, 15) is 4.79 Å². The maximum atomic E-state index is 12.7. The van der Waals surface area contributed by atoms with Gasteiger partial charge in [0.2, 0.25) is 5.91 Å². The van der Waals surface area contributed by atoms with Crippen molar-refractivity contribution >= 4 is 47.9 Å². The summed E-state index contributed by atoms with van der Waals surface area (Å²) in [6, 6.07) is 14.8. The molecular formula is C23H34Cl2N4O2. The summed E-state index contributed by atoms with van der Waals surface area (Å²) in [7, 11) is 0. The van der Waals surface area contributed by atoms with Crippen molar-refractivity contribution in [2.75, 3.05) is 23.3 Å². The molecule has 6 nitrogen and oxygen atoms in total. The smallest absolute Gasteiger partial charge is 0.243 e. The molecule has 0 radical (unpaired) electrons. The van der Waals surface area contributed by atoms with Gasteiger partial charge in [0, 0.05) is 23.5 Å². The number of hydrogen-bond donors (Lipinski definition) is 3. The SMILES string of the molecule is CC(C)CCN(CC(=O)Nc1ccc(OC(C)C)cc1)c1cccc(C(=N)N)c1.Cl.Cl. The quantitative estimate of drug-likeness (QED) is 0.334. The lowest BCUT2D eigenvalue weighted by Gasteiger charge is -2.25. The summed E-state index contributed by atoms with van der Waals surface area (Å²) in [4.78, 5) is 14.7. The number of carbonyl (C=O) groups is 1. The third-order valence-corrected chi connectivity index (χ3v) is 4.34. The Kier molecular flexibility index (Phi) is 12.7. The van der Waals surface area contributed by atoms with Gasteiger partial charge in [-0.05, 0) is 62.6 Å². The fourth-order valence-corrected chi connectivity index (χ4v) is 2.85. The molecule has 0 aliphatic rings. The zero-order chi connectivity index (χ0) is 21.4. The highest BCUT2D eigenvalue weighted by atomic mass is 35.5. The summed E-state index contributed by atoms with van der Waals surface area (Å²) in [5.41, 5.74) is 7.89. The largest absolute Gasteiger partial charge is 0.491 e. The molecule has 4 N–H and O–H groups in total. The van der Waals surface area contributed by atoms with Crippen LogP contribution in [0.1, 0.15) is 39.7 Å². The average molecular weight is 469 g/mol. The molecule has 0 fully saturated rings. The zero-order valence-corrected chi connectivity index (χ0v) is 20.2. The minimum atomic E-state index is -0.0977.